The Morgan fingerprint density at radius 3 is 1.30 bits per heavy atom. The summed E-state index contributed by atoms with van der Waals surface area (Å²) >= 11 is 0. The number of rotatable bonds is 4. The van der Waals surface area contributed by atoms with Crippen molar-refractivity contribution in [3.8, 4) is 0 Å². The zero-order chi connectivity index (χ0) is 16.8. The summed E-state index contributed by atoms with van der Waals surface area (Å²) in [7, 11) is 0. The van der Waals surface area contributed by atoms with E-state index in [9.17, 15) is 53.1 Å². The second-order valence-corrected chi connectivity index (χ2v) is 3.09. The van der Waals surface area contributed by atoms with Crippen molar-refractivity contribution in [3.63, 3.8) is 0 Å². The molecule has 0 aromatic heterocycles. The Bertz CT molecular complexity index is 383. The lowest BCUT2D eigenvalue weighted by molar-refractivity contribution is -0.474. The monoisotopic (exact) mass is 330 g/mol. The predicted molar refractivity (Wildman–Crippen MR) is 34.6 cm³/mol. The smallest absolute Gasteiger partial charge is 0.462 e. The molecular weight excluding hydrogens is 329 g/mol. The van der Waals surface area contributed by atoms with Crippen LogP contribution in [0, 0.1) is 0 Å². The molecule has 0 fully saturated rings. The van der Waals surface area contributed by atoms with Crippen molar-refractivity contribution in [2.75, 3.05) is 0 Å². The average Bonchev–Trinajstić information content (AvgIpc) is 2.12. The van der Waals surface area contributed by atoms with E-state index in [0.29, 0.717) is 0 Å². The topological polar surface area (TPSA) is 46.5 Å². The second-order valence-electron chi connectivity index (χ2n) is 3.09. The molecule has 1 N–H and O–H groups in total. The molecule has 0 bridgehead atoms. The van der Waals surface area contributed by atoms with E-state index in [-0.39, 0.29) is 0 Å². The maximum atomic E-state index is 12.7. The first kappa shape index (κ1) is 18.7. The highest BCUT2D eigenvalue weighted by Crippen LogP contribution is 2.50. The summed E-state index contributed by atoms with van der Waals surface area (Å²) in [5.41, 5.74) is 0. The van der Waals surface area contributed by atoms with Crippen LogP contribution in [0.15, 0.2) is 0 Å². The molecule has 0 aromatic carbocycles. The molecule has 14 heteroatoms. The van der Waals surface area contributed by atoms with Crippen LogP contribution in [0.1, 0.15) is 0 Å². The minimum absolute atomic E-state index is 1.65. The normalized spacial score (nSPS) is 17.8. The fourth-order valence-corrected chi connectivity index (χ4v) is 0.628. The minimum atomic E-state index is -7.27. The number of alkyl halides is 11. The molecule has 0 aromatic rings. The summed E-state index contributed by atoms with van der Waals surface area (Å²) in [5, 5.41) is 7.72. The number of carboxylic acid groups (broad SMARTS) is 1. The van der Waals surface area contributed by atoms with Gasteiger partial charge in [-0.1, -0.05) is 0 Å². The summed E-state index contributed by atoms with van der Waals surface area (Å²) in [4.78, 5) is 9.84. The summed E-state index contributed by atoms with van der Waals surface area (Å²) < 4.78 is 134. The van der Waals surface area contributed by atoms with Crippen molar-refractivity contribution < 1.29 is 62.9 Å². The average molecular weight is 330 g/mol. The van der Waals surface area contributed by atoms with Crippen molar-refractivity contribution in [3.05, 3.63) is 0 Å². The maximum Gasteiger partial charge on any atom is 0.462 e. The van der Waals surface area contributed by atoms with Crippen LogP contribution in [0.2, 0.25) is 0 Å². The van der Waals surface area contributed by atoms with Crippen molar-refractivity contribution in [1.82, 2.24) is 0 Å². The summed E-state index contributed by atoms with van der Waals surface area (Å²) in [6, 6.07) is 0. The van der Waals surface area contributed by atoms with Crippen LogP contribution in [0.25, 0.3) is 0 Å². The van der Waals surface area contributed by atoms with Gasteiger partial charge in [0.05, 0.1) is 0 Å². The Kier molecular flexibility index (Phi) is 4.29. The van der Waals surface area contributed by atoms with Gasteiger partial charge < -0.3 is 5.11 Å². The van der Waals surface area contributed by atoms with Crippen LogP contribution in [-0.4, -0.2) is 41.3 Å². The maximum absolute atomic E-state index is 12.7. The number of carbonyl (C=O) groups is 1. The Morgan fingerprint density at radius 1 is 0.750 bits per heavy atom. The fourth-order valence-electron chi connectivity index (χ4n) is 0.628. The van der Waals surface area contributed by atoms with E-state index < -0.39 is 36.2 Å². The molecule has 0 saturated carbocycles. The summed E-state index contributed by atoms with van der Waals surface area (Å²) in [6.45, 7) is 0. The van der Waals surface area contributed by atoms with Crippen molar-refractivity contribution >= 4 is 5.97 Å². The molecule has 0 amide bonds. The first-order chi connectivity index (χ1) is 8.40. The lowest BCUT2D eigenvalue weighted by Gasteiger charge is -2.32. The molecule has 0 unspecified atom stereocenters. The highest BCUT2D eigenvalue weighted by molar-refractivity contribution is 5.76. The van der Waals surface area contributed by atoms with E-state index in [4.69, 9.17) is 5.11 Å². The van der Waals surface area contributed by atoms with Gasteiger partial charge >= 0.3 is 36.2 Å². The standard InChI is InChI=1S/C6HF11O3/c7-2(1(18)19,4(10,11)12)20-6(16,17)3(8,9)5(13,14)15/h(H,18,19)/t2-/m1/s1. The molecular formula is C6HF11O3. The van der Waals surface area contributed by atoms with Crippen molar-refractivity contribution in [2.24, 2.45) is 0 Å². The Morgan fingerprint density at radius 2 is 1.10 bits per heavy atom. The van der Waals surface area contributed by atoms with Crippen molar-refractivity contribution in [2.45, 2.75) is 30.2 Å². The Balaban J connectivity index is 5.73. The molecule has 0 aliphatic carbocycles. The van der Waals surface area contributed by atoms with Gasteiger partial charge in [0.2, 0.25) is 0 Å². The summed E-state index contributed by atoms with van der Waals surface area (Å²) in [6.07, 6.45) is -21.1. The van der Waals surface area contributed by atoms with Crippen LogP contribution in [0.3, 0.4) is 0 Å². The quantitative estimate of drug-likeness (QED) is 0.806. The molecule has 0 aliphatic rings. The molecule has 0 rings (SSSR count). The van der Waals surface area contributed by atoms with E-state index in [2.05, 4.69) is 0 Å². The van der Waals surface area contributed by atoms with Crippen molar-refractivity contribution in [1.29, 1.82) is 0 Å². The highest BCUT2D eigenvalue weighted by atomic mass is 19.4. The number of ether oxygens (including phenoxy) is 1. The SMILES string of the molecule is O=C(O)[C@@](F)(OC(F)(F)C(F)(F)C(F)(F)F)C(F)(F)F. The lowest BCUT2D eigenvalue weighted by atomic mass is 10.2. The predicted octanol–water partition coefficient (Wildman–Crippen LogP) is 3.11. The number of aliphatic carboxylic acids is 1. The molecule has 1 atom stereocenters. The molecule has 0 aliphatic heterocycles. The van der Waals surface area contributed by atoms with Gasteiger partial charge in [0.15, 0.2) is 0 Å². The number of hydrogen-bond donors (Lipinski definition) is 1. The van der Waals surface area contributed by atoms with E-state index in [1.165, 1.54) is 0 Å². The minimum Gasteiger partial charge on any atom is -0.477 e. The van der Waals surface area contributed by atoms with E-state index >= 15 is 0 Å². The van der Waals surface area contributed by atoms with E-state index in [0.717, 1.165) is 0 Å². The molecule has 0 spiro atoms. The van der Waals surface area contributed by atoms with Crippen LogP contribution < -0.4 is 0 Å². The largest absolute Gasteiger partial charge is 0.477 e. The first-order valence-electron chi connectivity index (χ1n) is 3.91. The third-order valence-electron chi connectivity index (χ3n) is 1.63. The molecule has 0 heterocycles. The molecule has 0 radical (unpaired) electrons. The molecule has 120 valence electrons. The number of hydrogen-bond acceptors (Lipinski definition) is 2. The fraction of sp³-hybridized carbons (Fsp3) is 0.833. The van der Waals surface area contributed by atoms with Crippen LogP contribution in [0.5, 0.6) is 0 Å². The van der Waals surface area contributed by atoms with Gasteiger partial charge in [0.25, 0.3) is 0 Å². The van der Waals surface area contributed by atoms with E-state index in [1.807, 2.05) is 0 Å². The number of carboxylic acids is 1. The lowest BCUT2D eigenvalue weighted by Crippen LogP contribution is -2.61. The van der Waals surface area contributed by atoms with E-state index in [1.54, 1.807) is 4.74 Å². The van der Waals surface area contributed by atoms with Gasteiger partial charge in [-0.25, -0.2) is 4.79 Å². The van der Waals surface area contributed by atoms with Gasteiger partial charge in [0, 0.05) is 0 Å². The third kappa shape index (κ3) is 2.88. The van der Waals surface area contributed by atoms with Gasteiger partial charge in [-0.05, 0) is 0 Å². The number of halogens is 11. The van der Waals surface area contributed by atoms with Crippen LogP contribution >= 0.6 is 0 Å². The molecule has 20 heavy (non-hydrogen) atoms. The zero-order valence-corrected chi connectivity index (χ0v) is 8.42. The van der Waals surface area contributed by atoms with Gasteiger partial charge in [-0.2, -0.15) is 48.3 Å². The molecule has 3 nitrogen and oxygen atoms in total. The Labute approximate surface area is 100 Å². The summed E-state index contributed by atoms with van der Waals surface area (Å²) in [5.74, 6) is -17.6. The van der Waals surface area contributed by atoms with Crippen LogP contribution in [0.4, 0.5) is 48.3 Å². The van der Waals surface area contributed by atoms with Gasteiger partial charge in [-0.3, -0.25) is 4.74 Å². The third-order valence-corrected chi connectivity index (χ3v) is 1.63. The second kappa shape index (κ2) is 4.60. The highest BCUT2D eigenvalue weighted by Gasteiger charge is 2.79. The Hall–Kier alpha value is -1.34. The van der Waals surface area contributed by atoms with Gasteiger partial charge in [0.1, 0.15) is 0 Å². The van der Waals surface area contributed by atoms with Gasteiger partial charge in [-0.15, -0.1) is 0 Å². The molecule has 0 saturated heterocycles. The first-order valence-corrected chi connectivity index (χ1v) is 3.91. The van der Waals surface area contributed by atoms with Crippen LogP contribution in [-0.2, 0) is 9.53 Å². The zero-order valence-electron chi connectivity index (χ0n) is 8.42.